The molecule has 5 nitrogen and oxygen atoms in total. The third-order valence-corrected chi connectivity index (χ3v) is 3.33. The van der Waals surface area contributed by atoms with Crippen LogP contribution in [0.25, 0.3) is 11.3 Å². The molecule has 7 heteroatoms. The van der Waals surface area contributed by atoms with Gasteiger partial charge in [0.05, 0.1) is 11.9 Å². The van der Waals surface area contributed by atoms with E-state index in [-0.39, 0.29) is 5.82 Å². The monoisotopic (exact) mass is 291 g/mol. The molecule has 20 heavy (non-hydrogen) atoms. The first-order valence-electron chi connectivity index (χ1n) is 5.84. The molecule has 0 aliphatic rings. The minimum Gasteiger partial charge on any atom is -0.431 e. The van der Waals surface area contributed by atoms with Gasteiger partial charge in [-0.1, -0.05) is 16.9 Å². The molecule has 2 heterocycles. The normalized spacial score (nSPS) is 10.9. The molecule has 0 radical (unpaired) electrons. The van der Waals surface area contributed by atoms with Crippen LogP contribution in [0.1, 0.15) is 11.7 Å². The lowest BCUT2D eigenvalue weighted by Crippen LogP contribution is -1.80. The van der Waals surface area contributed by atoms with E-state index in [1.807, 2.05) is 0 Å². The zero-order valence-electron chi connectivity index (χ0n) is 10.5. The molecule has 0 unspecified atom stereocenters. The van der Waals surface area contributed by atoms with E-state index in [0.717, 1.165) is 5.56 Å². The van der Waals surface area contributed by atoms with E-state index >= 15 is 0 Å². The molecular weight excluding hydrogens is 281 g/mol. The van der Waals surface area contributed by atoms with Crippen molar-refractivity contribution in [1.82, 2.24) is 15.1 Å². The number of nitrogens with zero attached hydrogens (tertiary/aromatic N) is 3. The molecule has 102 valence electrons. The summed E-state index contributed by atoms with van der Waals surface area (Å²) in [5.74, 6) is 1.92. The molecular formula is C13H10FN3O2S. The fraction of sp³-hybridized carbons (Fsp3) is 0.154. The van der Waals surface area contributed by atoms with Crippen LogP contribution in [0.5, 0.6) is 0 Å². The van der Waals surface area contributed by atoms with Gasteiger partial charge in [-0.3, -0.25) is 0 Å². The Morgan fingerprint density at radius 1 is 1.25 bits per heavy atom. The van der Waals surface area contributed by atoms with Gasteiger partial charge >= 0.3 is 0 Å². The summed E-state index contributed by atoms with van der Waals surface area (Å²) in [5.41, 5.74) is 0.777. The lowest BCUT2D eigenvalue weighted by atomic mass is 10.2. The Hall–Kier alpha value is -2.15. The van der Waals surface area contributed by atoms with Crippen LogP contribution in [-0.2, 0) is 5.75 Å². The van der Waals surface area contributed by atoms with Crippen LogP contribution in [-0.4, -0.2) is 15.1 Å². The van der Waals surface area contributed by atoms with Crippen molar-refractivity contribution in [3.8, 4) is 11.3 Å². The van der Waals surface area contributed by atoms with E-state index < -0.39 is 0 Å². The van der Waals surface area contributed by atoms with Crippen LogP contribution in [0.3, 0.4) is 0 Å². The van der Waals surface area contributed by atoms with E-state index in [2.05, 4.69) is 15.1 Å². The molecule has 1 aromatic carbocycles. The molecule has 0 N–H and O–H groups in total. The molecule has 3 aromatic rings. The minimum atomic E-state index is -0.283. The van der Waals surface area contributed by atoms with Gasteiger partial charge in [-0.25, -0.2) is 9.37 Å². The van der Waals surface area contributed by atoms with Gasteiger partial charge < -0.3 is 8.94 Å². The molecule has 0 aliphatic carbocycles. The predicted molar refractivity (Wildman–Crippen MR) is 70.5 cm³/mol. The Kier molecular flexibility index (Phi) is 3.51. The van der Waals surface area contributed by atoms with Crippen LogP contribution in [0.15, 0.2) is 44.6 Å². The van der Waals surface area contributed by atoms with Gasteiger partial charge in [0.2, 0.25) is 5.89 Å². The van der Waals surface area contributed by atoms with Gasteiger partial charge in [-0.05, 0) is 31.2 Å². The number of aromatic nitrogens is 3. The molecule has 0 spiro atoms. The zero-order chi connectivity index (χ0) is 13.9. The standard InChI is InChI=1S/C13H10FN3O2S/c1-8-16-12(19-17-8)7-20-13-15-6-11(18-13)9-2-4-10(14)5-3-9/h2-6H,7H2,1H3. The molecule has 0 atom stereocenters. The van der Waals surface area contributed by atoms with Crippen LogP contribution >= 0.6 is 11.8 Å². The number of benzene rings is 1. The quantitative estimate of drug-likeness (QED) is 0.686. The predicted octanol–water partition coefficient (Wildman–Crippen LogP) is 3.46. The van der Waals surface area contributed by atoms with Crippen molar-refractivity contribution in [2.75, 3.05) is 0 Å². The highest BCUT2D eigenvalue weighted by atomic mass is 32.2. The topological polar surface area (TPSA) is 65.0 Å². The lowest BCUT2D eigenvalue weighted by Gasteiger charge is -1.95. The first-order chi connectivity index (χ1) is 9.70. The first-order valence-corrected chi connectivity index (χ1v) is 6.83. The van der Waals surface area contributed by atoms with Crippen molar-refractivity contribution >= 4 is 11.8 Å². The lowest BCUT2D eigenvalue weighted by molar-refractivity contribution is 0.386. The third kappa shape index (κ3) is 2.88. The summed E-state index contributed by atoms with van der Waals surface area (Å²) in [7, 11) is 0. The molecule has 0 saturated heterocycles. The van der Waals surface area contributed by atoms with Gasteiger partial charge in [-0.15, -0.1) is 0 Å². The average Bonchev–Trinajstić information content (AvgIpc) is 3.06. The van der Waals surface area contributed by atoms with Crippen LogP contribution in [0.2, 0.25) is 0 Å². The van der Waals surface area contributed by atoms with Crippen molar-refractivity contribution in [3.05, 3.63) is 48.0 Å². The highest BCUT2D eigenvalue weighted by Crippen LogP contribution is 2.27. The Morgan fingerprint density at radius 3 is 2.75 bits per heavy atom. The summed E-state index contributed by atoms with van der Waals surface area (Å²) in [6, 6.07) is 6.05. The minimum absolute atomic E-state index is 0.283. The second-order valence-corrected chi connectivity index (χ2v) is 4.95. The van der Waals surface area contributed by atoms with Gasteiger partial charge in [0.25, 0.3) is 5.22 Å². The van der Waals surface area contributed by atoms with Gasteiger partial charge in [0.1, 0.15) is 5.82 Å². The number of halogens is 1. The summed E-state index contributed by atoms with van der Waals surface area (Å²) in [6.07, 6.45) is 1.61. The third-order valence-electron chi connectivity index (χ3n) is 2.50. The molecule has 0 aliphatic heterocycles. The number of rotatable bonds is 4. The second kappa shape index (κ2) is 5.46. The van der Waals surface area contributed by atoms with Crippen molar-refractivity contribution in [2.45, 2.75) is 17.9 Å². The summed E-state index contributed by atoms with van der Waals surface area (Å²) < 4.78 is 23.4. The fourth-order valence-corrected chi connectivity index (χ4v) is 2.23. The number of hydrogen-bond acceptors (Lipinski definition) is 6. The number of hydrogen-bond donors (Lipinski definition) is 0. The van der Waals surface area contributed by atoms with Crippen molar-refractivity contribution < 1.29 is 13.3 Å². The van der Waals surface area contributed by atoms with E-state index in [1.54, 1.807) is 25.3 Å². The number of aryl methyl sites for hydroxylation is 1. The van der Waals surface area contributed by atoms with Crippen LogP contribution < -0.4 is 0 Å². The Balaban J connectivity index is 1.69. The fourth-order valence-electron chi connectivity index (χ4n) is 1.59. The number of thioether (sulfide) groups is 1. The zero-order valence-corrected chi connectivity index (χ0v) is 11.4. The summed E-state index contributed by atoms with van der Waals surface area (Å²) in [6.45, 7) is 1.76. The second-order valence-electron chi connectivity index (χ2n) is 4.02. The maximum absolute atomic E-state index is 12.8. The highest BCUT2D eigenvalue weighted by molar-refractivity contribution is 7.98. The van der Waals surface area contributed by atoms with Gasteiger partial charge in [0.15, 0.2) is 11.6 Å². The van der Waals surface area contributed by atoms with E-state index in [0.29, 0.717) is 28.5 Å². The molecule has 0 bridgehead atoms. The van der Waals surface area contributed by atoms with Crippen molar-refractivity contribution in [1.29, 1.82) is 0 Å². The molecule has 2 aromatic heterocycles. The smallest absolute Gasteiger partial charge is 0.256 e. The maximum atomic E-state index is 12.8. The first kappa shape index (κ1) is 12.9. The van der Waals surface area contributed by atoms with Crippen LogP contribution in [0, 0.1) is 12.7 Å². The Bertz CT molecular complexity index is 708. The van der Waals surface area contributed by atoms with Crippen molar-refractivity contribution in [3.63, 3.8) is 0 Å². The number of oxazole rings is 1. The van der Waals surface area contributed by atoms with Crippen LogP contribution in [0.4, 0.5) is 4.39 Å². The summed E-state index contributed by atoms with van der Waals surface area (Å²) >= 11 is 1.36. The Morgan fingerprint density at radius 2 is 2.05 bits per heavy atom. The Labute approximate surface area is 118 Å². The average molecular weight is 291 g/mol. The van der Waals surface area contributed by atoms with E-state index in [4.69, 9.17) is 8.94 Å². The SMILES string of the molecule is Cc1noc(CSc2ncc(-c3ccc(F)cc3)o2)n1. The summed E-state index contributed by atoms with van der Waals surface area (Å²) in [4.78, 5) is 8.24. The van der Waals surface area contributed by atoms with Crippen molar-refractivity contribution in [2.24, 2.45) is 0 Å². The highest BCUT2D eigenvalue weighted by Gasteiger charge is 2.09. The van der Waals surface area contributed by atoms with E-state index in [9.17, 15) is 4.39 Å². The van der Waals surface area contributed by atoms with Gasteiger partial charge in [0, 0.05) is 5.56 Å². The molecule has 3 rings (SSSR count). The molecule has 0 fully saturated rings. The molecule has 0 saturated carbocycles. The largest absolute Gasteiger partial charge is 0.431 e. The summed E-state index contributed by atoms with van der Waals surface area (Å²) in [5, 5.41) is 4.20. The maximum Gasteiger partial charge on any atom is 0.256 e. The molecule has 0 amide bonds. The van der Waals surface area contributed by atoms with Gasteiger partial charge in [-0.2, -0.15) is 4.98 Å². The van der Waals surface area contributed by atoms with E-state index in [1.165, 1.54) is 23.9 Å².